The van der Waals surface area contributed by atoms with E-state index in [1.54, 1.807) is 12.1 Å². The van der Waals surface area contributed by atoms with E-state index in [0.29, 0.717) is 30.0 Å². The molecule has 3 aliphatic rings. The van der Waals surface area contributed by atoms with E-state index in [2.05, 4.69) is 20.5 Å². The van der Waals surface area contributed by atoms with Gasteiger partial charge in [0.15, 0.2) is 0 Å². The molecule has 196 valence electrons. The maximum absolute atomic E-state index is 14.2. The van der Waals surface area contributed by atoms with Crippen LogP contribution in [0.15, 0.2) is 35.3 Å². The Hall–Kier alpha value is -2.43. The zero-order valence-corrected chi connectivity index (χ0v) is 20.9. The molecule has 0 spiro atoms. The van der Waals surface area contributed by atoms with Gasteiger partial charge in [-0.25, -0.2) is 4.79 Å². The summed E-state index contributed by atoms with van der Waals surface area (Å²) in [4.78, 5) is 21.3. The van der Waals surface area contributed by atoms with Crippen LogP contribution in [0, 0.1) is 17.8 Å². The lowest BCUT2D eigenvalue weighted by molar-refractivity contribution is -0.138. The summed E-state index contributed by atoms with van der Waals surface area (Å²) in [5.41, 5.74) is -0.788. The molecule has 1 aromatic heterocycles. The average molecular weight is 505 g/mol. The Balaban J connectivity index is 1.36. The van der Waals surface area contributed by atoms with E-state index in [1.807, 2.05) is 18.9 Å². The average Bonchev–Trinajstić information content (AvgIpc) is 3.30. The largest absolute Gasteiger partial charge is 0.416 e. The van der Waals surface area contributed by atoms with Gasteiger partial charge in [0.05, 0.1) is 11.3 Å². The number of likely N-dealkylation sites (tertiary alicyclic amines) is 1. The molecule has 10 heteroatoms. The molecule has 1 saturated carbocycles. The van der Waals surface area contributed by atoms with Crippen LogP contribution in [0.5, 0.6) is 0 Å². The second-order valence-electron chi connectivity index (χ2n) is 10.3. The minimum Gasteiger partial charge on any atom is -0.354 e. The fourth-order valence-electron chi connectivity index (χ4n) is 6.12. The maximum Gasteiger partial charge on any atom is 0.416 e. The molecular formula is C26H35F3N6O. The normalized spacial score (nSPS) is 25.1. The maximum atomic E-state index is 14.2. The Labute approximate surface area is 209 Å². The lowest BCUT2D eigenvalue weighted by Gasteiger charge is -2.30. The quantitative estimate of drug-likeness (QED) is 0.576. The third kappa shape index (κ3) is 5.03. The van der Waals surface area contributed by atoms with Crippen molar-refractivity contribution in [1.29, 1.82) is 0 Å². The predicted octanol–water partition coefficient (Wildman–Crippen LogP) is 2.38. The minimum absolute atomic E-state index is 0.0719. The smallest absolute Gasteiger partial charge is 0.354 e. The zero-order valence-electron chi connectivity index (χ0n) is 20.9. The molecule has 1 aliphatic carbocycles. The summed E-state index contributed by atoms with van der Waals surface area (Å²) in [6, 6.07) is 6.01. The van der Waals surface area contributed by atoms with Gasteiger partial charge < -0.3 is 15.5 Å². The van der Waals surface area contributed by atoms with Gasteiger partial charge in [-0.1, -0.05) is 13.0 Å². The topological polar surface area (TPSA) is 65.4 Å². The van der Waals surface area contributed by atoms with Crippen LogP contribution in [0.25, 0.3) is 5.69 Å². The monoisotopic (exact) mass is 504 g/mol. The Morgan fingerprint density at radius 1 is 1.17 bits per heavy atom. The summed E-state index contributed by atoms with van der Waals surface area (Å²) >= 11 is 0. The minimum atomic E-state index is -4.51. The number of anilines is 1. The van der Waals surface area contributed by atoms with Gasteiger partial charge in [-0.3, -0.25) is 9.47 Å². The molecule has 0 bridgehead atoms. The highest BCUT2D eigenvalue weighted by molar-refractivity contribution is 5.44. The molecule has 0 amide bonds. The zero-order chi connectivity index (χ0) is 25.4. The highest BCUT2D eigenvalue weighted by atomic mass is 19.4. The fourth-order valence-corrected chi connectivity index (χ4v) is 6.12. The highest BCUT2D eigenvalue weighted by Gasteiger charge is 2.55. The number of halogens is 3. The molecule has 36 heavy (non-hydrogen) atoms. The van der Waals surface area contributed by atoms with E-state index in [1.165, 1.54) is 16.8 Å². The van der Waals surface area contributed by atoms with Crippen molar-refractivity contribution in [2.45, 2.75) is 32.0 Å². The van der Waals surface area contributed by atoms with Gasteiger partial charge in [0.2, 0.25) is 0 Å². The number of benzene rings is 1. The standard InChI is InChI=1S/C26H35F3N6O/c1-3-18(34-15-21-20(14-30-2)22(21)16-34)12-17-4-5-19(13-23(17)26(27,28)29)35-9-6-24(32-25(35)36)33-10-7-31-8-11-33/h4-6,9,13,18,20-22,30-31H,3,7-8,10-12,14-16H2,1-2H3. The number of hydrogen-bond acceptors (Lipinski definition) is 6. The number of hydrogen-bond donors (Lipinski definition) is 2. The van der Waals surface area contributed by atoms with Crippen molar-refractivity contribution in [3.8, 4) is 5.69 Å². The molecular weight excluding hydrogens is 469 g/mol. The molecule has 2 aliphatic heterocycles. The Morgan fingerprint density at radius 3 is 2.50 bits per heavy atom. The van der Waals surface area contributed by atoms with E-state index in [4.69, 9.17) is 0 Å². The number of alkyl halides is 3. The highest BCUT2D eigenvalue weighted by Crippen LogP contribution is 2.52. The van der Waals surface area contributed by atoms with Crippen molar-refractivity contribution in [2.24, 2.45) is 17.8 Å². The number of aromatic nitrogens is 2. The molecule has 2 N–H and O–H groups in total. The van der Waals surface area contributed by atoms with Gasteiger partial charge in [-0.05, 0) is 68.0 Å². The molecule has 1 aromatic carbocycles. The molecule has 2 aromatic rings. The van der Waals surface area contributed by atoms with Gasteiger partial charge in [0.1, 0.15) is 5.82 Å². The third-order valence-corrected chi connectivity index (χ3v) is 8.19. The summed E-state index contributed by atoms with van der Waals surface area (Å²) in [6.07, 6.45) is -1.84. The number of fused-ring (bicyclic) bond motifs is 1. The number of nitrogens with one attached hydrogen (secondary N) is 2. The number of piperidine rings is 1. The summed E-state index contributed by atoms with van der Waals surface area (Å²) in [5.74, 6) is 2.59. The summed E-state index contributed by atoms with van der Waals surface area (Å²) < 4.78 is 43.6. The molecule has 5 rings (SSSR count). The van der Waals surface area contributed by atoms with Crippen LogP contribution in [0.2, 0.25) is 0 Å². The lowest BCUT2D eigenvalue weighted by atomic mass is 9.96. The molecule has 3 atom stereocenters. The van der Waals surface area contributed by atoms with Crippen LogP contribution in [0.4, 0.5) is 19.0 Å². The second kappa shape index (κ2) is 10.1. The Kier molecular flexibility index (Phi) is 7.11. The molecule has 3 fully saturated rings. The van der Waals surface area contributed by atoms with Crippen molar-refractivity contribution in [1.82, 2.24) is 25.1 Å². The fraction of sp³-hybridized carbons (Fsp3) is 0.615. The molecule has 3 unspecified atom stereocenters. The van der Waals surface area contributed by atoms with E-state index in [9.17, 15) is 18.0 Å². The Morgan fingerprint density at radius 2 is 1.89 bits per heavy atom. The van der Waals surface area contributed by atoms with Crippen molar-refractivity contribution in [2.75, 3.05) is 57.8 Å². The van der Waals surface area contributed by atoms with Crippen molar-refractivity contribution in [3.05, 3.63) is 52.1 Å². The van der Waals surface area contributed by atoms with Gasteiger partial charge in [-0.15, -0.1) is 0 Å². The predicted molar refractivity (Wildman–Crippen MR) is 134 cm³/mol. The second-order valence-corrected chi connectivity index (χ2v) is 10.3. The Bertz CT molecular complexity index is 1120. The van der Waals surface area contributed by atoms with E-state index < -0.39 is 17.4 Å². The van der Waals surface area contributed by atoms with Crippen molar-refractivity contribution < 1.29 is 13.2 Å². The molecule has 2 saturated heterocycles. The molecule has 3 heterocycles. The first kappa shape index (κ1) is 25.2. The lowest BCUT2D eigenvalue weighted by Crippen LogP contribution is -2.44. The van der Waals surface area contributed by atoms with Gasteiger partial charge >= 0.3 is 11.9 Å². The van der Waals surface area contributed by atoms with E-state index in [0.717, 1.165) is 58.3 Å². The summed E-state index contributed by atoms with van der Waals surface area (Å²) in [6.45, 7) is 8.07. The van der Waals surface area contributed by atoms with Crippen molar-refractivity contribution in [3.63, 3.8) is 0 Å². The van der Waals surface area contributed by atoms with Crippen LogP contribution in [0.3, 0.4) is 0 Å². The third-order valence-electron chi connectivity index (χ3n) is 8.19. The first-order valence-corrected chi connectivity index (χ1v) is 12.9. The first-order valence-electron chi connectivity index (χ1n) is 12.9. The molecule has 7 nitrogen and oxygen atoms in total. The first-order chi connectivity index (χ1) is 17.3. The van der Waals surface area contributed by atoms with E-state index >= 15 is 0 Å². The van der Waals surface area contributed by atoms with Crippen LogP contribution in [0.1, 0.15) is 24.5 Å². The van der Waals surface area contributed by atoms with Crippen LogP contribution in [-0.4, -0.2) is 73.4 Å². The number of nitrogens with zero attached hydrogens (tertiary/aromatic N) is 4. The van der Waals surface area contributed by atoms with Gasteiger partial charge in [0.25, 0.3) is 0 Å². The number of piperazine rings is 1. The SMILES string of the molecule is CCC(Cc1ccc(-n2ccc(N3CCNCC3)nc2=O)cc1C(F)(F)F)N1CC2C(CNC)C2C1. The summed E-state index contributed by atoms with van der Waals surface area (Å²) in [5, 5.41) is 6.49. The number of rotatable bonds is 8. The van der Waals surface area contributed by atoms with E-state index in [-0.39, 0.29) is 17.3 Å². The van der Waals surface area contributed by atoms with Crippen LogP contribution in [-0.2, 0) is 12.6 Å². The van der Waals surface area contributed by atoms with Crippen LogP contribution < -0.4 is 21.2 Å². The van der Waals surface area contributed by atoms with Crippen molar-refractivity contribution >= 4 is 5.82 Å². The summed E-state index contributed by atoms with van der Waals surface area (Å²) in [7, 11) is 1.97. The molecule has 0 radical (unpaired) electrons. The van der Waals surface area contributed by atoms with Crippen LogP contribution >= 0.6 is 0 Å². The van der Waals surface area contributed by atoms with Gasteiger partial charge in [-0.2, -0.15) is 18.2 Å². The van der Waals surface area contributed by atoms with Gasteiger partial charge in [0, 0.05) is 51.5 Å².